The predicted molar refractivity (Wildman–Crippen MR) is 107 cm³/mol. The third-order valence-electron chi connectivity index (χ3n) is 4.22. The molecule has 0 unspecified atom stereocenters. The minimum absolute atomic E-state index is 0.0237. The minimum atomic E-state index is -3.75. The van der Waals surface area contributed by atoms with Crippen molar-refractivity contribution in [2.45, 2.75) is 24.7 Å². The number of carbonyl (C=O) groups excluding carboxylic acids is 1. The van der Waals surface area contributed by atoms with E-state index in [2.05, 4.69) is 6.92 Å². The second kappa shape index (κ2) is 9.01. The van der Waals surface area contributed by atoms with Gasteiger partial charge in [0.2, 0.25) is 10.0 Å². The lowest BCUT2D eigenvalue weighted by Gasteiger charge is -2.23. The molecule has 0 spiro atoms. The Bertz CT molecular complexity index is 880. The number of amides is 1. The molecule has 0 bridgehead atoms. The Labute approximate surface area is 161 Å². The monoisotopic (exact) mass is 390 g/mol. The van der Waals surface area contributed by atoms with Crippen molar-refractivity contribution in [1.82, 2.24) is 4.31 Å². The first-order valence-corrected chi connectivity index (χ1v) is 10.2. The molecule has 2 aromatic rings. The van der Waals surface area contributed by atoms with Crippen LogP contribution in [0.25, 0.3) is 0 Å². The lowest BCUT2D eigenvalue weighted by atomic mass is 10.1. The van der Waals surface area contributed by atoms with E-state index in [1.807, 2.05) is 30.3 Å². The molecule has 0 aliphatic heterocycles. The number of rotatable bonds is 8. The summed E-state index contributed by atoms with van der Waals surface area (Å²) in [5, 5.41) is 0. The highest BCUT2D eigenvalue weighted by Gasteiger charge is 2.25. The maximum absolute atomic E-state index is 13.2. The van der Waals surface area contributed by atoms with Gasteiger partial charge in [-0.05, 0) is 36.8 Å². The van der Waals surface area contributed by atoms with Gasteiger partial charge in [-0.1, -0.05) is 31.5 Å². The highest BCUT2D eigenvalue weighted by molar-refractivity contribution is 7.89. The number of anilines is 1. The fourth-order valence-corrected chi connectivity index (χ4v) is 3.71. The van der Waals surface area contributed by atoms with E-state index in [-0.39, 0.29) is 16.6 Å². The van der Waals surface area contributed by atoms with Crippen LogP contribution in [0.15, 0.2) is 53.4 Å². The SMILES string of the molecule is CCCCN(C(=O)c1ccc(OC)c(S(=O)(=O)N(C)C)c1)c1ccccc1. The fourth-order valence-electron chi connectivity index (χ4n) is 2.64. The molecular formula is C20H26N2O4S. The fraction of sp³-hybridized carbons (Fsp3) is 0.350. The molecule has 0 aliphatic rings. The van der Waals surface area contributed by atoms with Gasteiger partial charge in [-0.3, -0.25) is 4.79 Å². The lowest BCUT2D eigenvalue weighted by Crippen LogP contribution is -2.32. The molecule has 6 nitrogen and oxygen atoms in total. The topological polar surface area (TPSA) is 66.9 Å². The molecule has 0 heterocycles. The molecular weight excluding hydrogens is 364 g/mol. The van der Waals surface area contributed by atoms with Crippen molar-refractivity contribution >= 4 is 21.6 Å². The number of nitrogens with zero attached hydrogens (tertiary/aromatic N) is 2. The number of benzene rings is 2. The molecule has 2 rings (SSSR count). The average molecular weight is 391 g/mol. The molecule has 0 fully saturated rings. The van der Waals surface area contributed by atoms with E-state index in [9.17, 15) is 13.2 Å². The molecule has 0 saturated carbocycles. The zero-order chi connectivity index (χ0) is 20.0. The van der Waals surface area contributed by atoms with Crippen LogP contribution in [-0.2, 0) is 10.0 Å². The number of methoxy groups -OCH3 is 1. The summed E-state index contributed by atoms with van der Waals surface area (Å²) < 4.78 is 31.5. The zero-order valence-electron chi connectivity index (χ0n) is 16.2. The Kier molecular flexibility index (Phi) is 6.98. The quantitative estimate of drug-likeness (QED) is 0.693. The van der Waals surface area contributed by atoms with E-state index < -0.39 is 10.0 Å². The molecule has 0 N–H and O–H groups in total. The van der Waals surface area contributed by atoms with Crippen LogP contribution >= 0.6 is 0 Å². The van der Waals surface area contributed by atoms with Crippen LogP contribution in [0, 0.1) is 0 Å². The summed E-state index contributed by atoms with van der Waals surface area (Å²) in [5.74, 6) is -0.0346. The Balaban J connectivity index is 2.50. The van der Waals surface area contributed by atoms with Gasteiger partial charge in [-0.15, -0.1) is 0 Å². The van der Waals surface area contributed by atoms with Crippen molar-refractivity contribution in [3.8, 4) is 5.75 Å². The summed E-state index contributed by atoms with van der Waals surface area (Å²) in [7, 11) is 0.551. The van der Waals surface area contributed by atoms with Crippen LogP contribution in [0.4, 0.5) is 5.69 Å². The van der Waals surface area contributed by atoms with Gasteiger partial charge in [0.05, 0.1) is 7.11 Å². The van der Waals surface area contributed by atoms with Gasteiger partial charge in [0.15, 0.2) is 0 Å². The second-order valence-corrected chi connectivity index (χ2v) is 8.42. The molecule has 1 amide bonds. The summed E-state index contributed by atoms with van der Waals surface area (Å²) >= 11 is 0. The van der Waals surface area contributed by atoms with E-state index in [0.29, 0.717) is 12.1 Å². The molecule has 7 heteroatoms. The smallest absolute Gasteiger partial charge is 0.258 e. The number of hydrogen-bond acceptors (Lipinski definition) is 4. The molecule has 0 aromatic heterocycles. The van der Waals surface area contributed by atoms with Crippen molar-refractivity contribution in [3.05, 3.63) is 54.1 Å². The highest BCUT2D eigenvalue weighted by Crippen LogP contribution is 2.28. The lowest BCUT2D eigenvalue weighted by molar-refractivity contribution is 0.0986. The molecule has 0 atom stereocenters. The number of carbonyl (C=O) groups is 1. The van der Waals surface area contributed by atoms with Gasteiger partial charge in [-0.2, -0.15) is 0 Å². The van der Waals surface area contributed by atoms with Crippen LogP contribution in [-0.4, -0.2) is 46.4 Å². The first-order chi connectivity index (χ1) is 12.8. The minimum Gasteiger partial charge on any atom is -0.495 e. The van der Waals surface area contributed by atoms with E-state index in [0.717, 1.165) is 22.8 Å². The van der Waals surface area contributed by atoms with Crippen LogP contribution < -0.4 is 9.64 Å². The average Bonchev–Trinajstić information content (AvgIpc) is 2.68. The Morgan fingerprint density at radius 3 is 2.30 bits per heavy atom. The summed E-state index contributed by atoms with van der Waals surface area (Å²) in [5.41, 5.74) is 1.08. The van der Waals surface area contributed by atoms with Crippen LogP contribution in [0.5, 0.6) is 5.75 Å². The molecule has 27 heavy (non-hydrogen) atoms. The van der Waals surface area contributed by atoms with Crippen LogP contribution in [0.2, 0.25) is 0 Å². The number of para-hydroxylation sites is 1. The zero-order valence-corrected chi connectivity index (χ0v) is 17.0. The Hall–Kier alpha value is -2.38. The maximum atomic E-state index is 13.2. The van der Waals surface area contributed by atoms with Gasteiger partial charge in [0, 0.05) is 31.9 Å². The van der Waals surface area contributed by atoms with Crippen LogP contribution in [0.3, 0.4) is 0 Å². The summed E-state index contributed by atoms with van der Waals surface area (Å²) in [6.07, 6.45) is 1.79. The van der Waals surface area contributed by atoms with E-state index >= 15 is 0 Å². The van der Waals surface area contributed by atoms with Crippen molar-refractivity contribution in [3.63, 3.8) is 0 Å². The van der Waals surface area contributed by atoms with E-state index in [1.165, 1.54) is 33.3 Å². The maximum Gasteiger partial charge on any atom is 0.258 e. The molecule has 0 aliphatic carbocycles. The number of ether oxygens (including phenoxy) is 1. The summed E-state index contributed by atoms with van der Waals surface area (Å²) in [4.78, 5) is 14.8. The predicted octanol–water partition coefficient (Wildman–Crippen LogP) is 3.39. The highest BCUT2D eigenvalue weighted by atomic mass is 32.2. The molecule has 146 valence electrons. The normalized spacial score (nSPS) is 11.4. The standard InChI is InChI=1S/C20H26N2O4S/c1-5-6-14-22(17-10-8-7-9-11-17)20(23)16-12-13-18(26-4)19(15-16)27(24,25)21(2)3/h7-13,15H,5-6,14H2,1-4H3. The Morgan fingerprint density at radius 2 is 1.74 bits per heavy atom. The van der Waals surface area contributed by atoms with E-state index in [1.54, 1.807) is 11.0 Å². The van der Waals surface area contributed by atoms with E-state index in [4.69, 9.17) is 4.74 Å². The molecule has 2 aromatic carbocycles. The van der Waals surface area contributed by atoms with Gasteiger partial charge in [0.1, 0.15) is 10.6 Å². The van der Waals surface area contributed by atoms with Gasteiger partial charge >= 0.3 is 0 Å². The number of unbranched alkanes of at least 4 members (excludes halogenated alkanes) is 1. The van der Waals surface area contributed by atoms with Crippen molar-refractivity contribution in [2.24, 2.45) is 0 Å². The molecule has 0 saturated heterocycles. The third kappa shape index (κ3) is 4.67. The number of sulfonamides is 1. The van der Waals surface area contributed by atoms with Gasteiger partial charge < -0.3 is 9.64 Å². The Morgan fingerprint density at radius 1 is 1.07 bits per heavy atom. The van der Waals surface area contributed by atoms with Crippen molar-refractivity contribution < 1.29 is 17.9 Å². The molecule has 0 radical (unpaired) electrons. The first-order valence-electron chi connectivity index (χ1n) is 8.80. The third-order valence-corrected chi connectivity index (χ3v) is 6.05. The number of hydrogen-bond donors (Lipinski definition) is 0. The van der Waals surface area contributed by atoms with Crippen LogP contribution in [0.1, 0.15) is 30.1 Å². The largest absolute Gasteiger partial charge is 0.495 e. The summed E-state index contributed by atoms with van der Waals surface area (Å²) in [6, 6.07) is 13.9. The first kappa shape index (κ1) is 20.9. The summed E-state index contributed by atoms with van der Waals surface area (Å²) in [6.45, 7) is 2.62. The van der Waals surface area contributed by atoms with Crippen molar-refractivity contribution in [1.29, 1.82) is 0 Å². The van der Waals surface area contributed by atoms with Crippen molar-refractivity contribution in [2.75, 3.05) is 32.6 Å². The van der Waals surface area contributed by atoms with Gasteiger partial charge in [-0.25, -0.2) is 12.7 Å². The van der Waals surface area contributed by atoms with Gasteiger partial charge in [0.25, 0.3) is 5.91 Å². The second-order valence-electron chi connectivity index (χ2n) is 6.30.